The number of rotatable bonds is 4. The van der Waals surface area contributed by atoms with E-state index in [-0.39, 0.29) is 22.2 Å². The lowest BCUT2D eigenvalue weighted by Crippen LogP contribution is -2.39. The van der Waals surface area contributed by atoms with Crippen LogP contribution in [0.25, 0.3) is 15.9 Å². The van der Waals surface area contributed by atoms with E-state index in [4.69, 9.17) is 23.2 Å². The molecular weight excluding hydrogens is 439 g/mol. The highest BCUT2D eigenvalue weighted by atomic mass is 35.5. The summed E-state index contributed by atoms with van der Waals surface area (Å²) in [6.45, 7) is 1.61. The number of nitrogens with zero attached hydrogens (tertiary/aromatic N) is 2. The van der Waals surface area contributed by atoms with Crippen LogP contribution in [0.15, 0.2) is 52.1 Å². The molecule has 0 bridgehead atoms. The van der Waals surface area contributed by atoms with Gasteiger partial charge in [0.25, 0.3) is 5.56 Å². The summed E-state index contributed by atoms with van der Waals surface area (Å²) in [5.74, 6) is -0.346. The molecule has 0 aliphatic heterocycles. The molecule has 142 valence electrons. The van der Waals surface area contributed by atoms with Crippen molar-refractivity contribution in [3.05, 3.63) is 82.4 Å². The van der Waals surface area contributed by atoms with Crippen LogP contribution in [0.2, 0.25) is 8.67 Å². The number of Topliss-reactive ketones (excluding diaryl/α,β-unsaturated/α-hetero) is 1. The fourth-order valence-corrected chi connectivity index (χ4v) is 5.46. The molecule has 0 atom stereocenters. The van der Waals surface area contributed by atoms with Gasteiger partial charge in [0.15, 0.2) is 5.78 Å². The average molecular weight is 451 g/mol. The van der Waals surface area contributed by atoms with E-state index in [9.17, 15) is 14.4 Å². The molecule has 0 spiro atoms. The molecule has 1 aromatic carbocycles. The maximum Gasteiger partial charge on any atom is 0.337 e. The Bertz CT molecular complexity index is 1330. The first kappa shape index (κ1) is 19.1. The number of benzene rings is 1. The molecule has 0 aliphatic carbocycles. The average Bonchev–Trinajstić information content (AvgIpc) is 3.21. The number of thiophene rings is 2. The van der Waals surface area contributed by atoms with Crippen molar-refractivity contribution < 1.29 is 4.79 Å². The van der Waals surface area contributed by atoms with Crippen LogP contribution in [0.5, 0.6) is 0 Å². The highest BCUT2D eigenvalue weighted by Gasteiger charge is 2.21. The number of halogens is 2. The molecule has 0 N–H and O–H groups in total. The Morgan fingerprint density at radius 2 is 1.79 bits per heavy atom. The molecule has 0 aliphatic rings. The normalized spacial score (nSPS) is 11.2. The van der Waals surface area contributed by atoms with Crippen molar-refractivity contribution in [1.82, 2.24) is 9.13 Å². The zero-order valence-electron chi connectivity index (χ0n) is 14.4. The molecular formula is C19H12Cl2N2O3S2. The van der Waals surface area contributed by atoms with Gasteiger partial charge < -0.3 is 0 Å². The van der Waals surface area contributed by atoms with Crippen LogP contribution < -0.4 is 11.2 Å². The summed E-state index contributed by atoms with van der Waals surface area (Å²) < 4.78 is 3.08. The monoisotopic (exact) mass is 450 g/mol. The number of ketones is 1. The van der Waals surface area contributed by atoms with E-state index in [0.717, 1.165) is 20.8 Å². The van der Waals surface area contributed by atoms with Crippen molar-refractivity contribution in [3.63, 3.8) is 0 Å². The Morgan fingerprint density at radius 1 is 1.07 bits per heavy atom. The molecule has 5 nitrogen and oxygen atoms in total. The second-order valence-corrected chi connectivity index (χ2v) is 9.60. The molecule has 9 heteroatoms. The number of aromatic nitrogens is 2. The second-order valence-electron chi connectivity index (χ2n) is 6.08. The number of carbonyl (C=O) groups excluding carboxylic acids is 1. The molecule has 0 fully saturated rings. The van der Waals surface area contributed by atoms with Gasteiger partial charge in [-0.25, -0.2) is 9.36 Å². The zero-order valence-corrected chi connectivity index (χ0v) is 17.6. The van der Waals surface area contributed by atoms with E-state index < -0.39 is 11.2 Å². The lowest BCUT2D eigenvalue weighted by Gasteiger charge is -2.11. The van der Waals surface area contributed by atoms with Gasteiger partial charge in [0.2, 0.25) is 0 Å². The third-order valence-corrected chi connectivity index (χ3v) is 6.77. The van der Waals surface area contributed by atoms with Gasteiger partial charge >= 0.3 is 5.69 Å². The lowest BCUT2D eigenvalue weighted by molar-refractivity contribution is 0.0972. The first-order valence-corrected chi connectivity index (χ1v) is 10.5. The predicted molar refractivity (Wildman–Crippen MR) is 115 cm³/mol. The maximum absolute atomic E-state index is 13.2. The van der Waals surface area contributed by atoms with E-state index in [1.54, 1.807) is 36.4 Å². The van der Waals surface area contributed by atoms with Crippen LogP contribution in [0, 0.1) is 6.92 Å². The van der Waals surface area contributed by atoms with E-state index in [1.807, 2.05) is 6.92 Å². The molecule has 4 rings (SSSR count). The molecule has 3 heterocycles. The summed E-state index contributed by atoms with van der Waals surface area (Å²) in [5, 5.41) is 0.396. The van der Waals surface area contributed by atoms with Crippen molar-refractivity contribution in [3.8, 4) is 5.69 Å². The van der Waals surface area contributed by atoms with Gasteiger partial charge in [0.05, 0.1) is 27.5 Å². The van der Waals surface area contributed by atoms with Crippen LogP contribution in [0.3, 0.4) is 0 Å². The zero-order chi connectivity index (χ0) is 20.0. The van der Waals surface area contributed by atoms with E-state index in [0.29, 0.717) is 20.2 Å². The summed E-state index contributed by atoms with van der Waals surface area (Å²) in [4.78, 5) is 40.3. The van der Waals surface area contributed by atoms with Gasteiger partial charge in [-0.3, -0.25) is 14.2 Å². The summed E-state index contributed by atoms with van der Waals surface area (Å²) in [5.41, 5.74) is -0.268. The minimum Gasteiger partial charge on any atom is -0.292 e. The van der Waals surface area contributed by atoms with Gasteiger partial charge in [0, 0.05) is 4.88 Å². The summed E-state index contributed by atoms with van der Waals surface area (Å²) in [7, 11) is 0. The maximum atomic E-state index is 13.2. The first-order chi connectivity index (χ1) is 13.4. The summed E-state index contributed by atoms with van der Waals surface area (Å²) in [6, 6.07) is 11.9. The van der Waals surface area contributed by atoms with Crippen molar-refractivity contribution in [1.29, 1.82) is 0 Å². The van der Waals surface area contributed by atoms with Crippen molar-refractivity contribution >= 4 is 61.9 Å². The van der Waals surface area contributed by atoms with Gasteiger partial charge in [-0.05, 0) is 31.2 Å². The van der Waals surface area contributed by atoms with Gasteiger partial charge in [-0.2, -0.15) is 0 Å². The van der Waals surface area contributed by atoms with E-state index in [2.05, 4.69) is 0 Å². The smallest absolute Gasteiger partial charge is 0.292 e. The Labute approximate surface area is 177 Å². The Hall–Kier alpha value is -2.19. The molecule has 28 heavy (non-hydrogen) atoms. The summed E-state index contributed by atoms with van der Waals surface area (Å²) >= 11 is 14.4. The molecule has 0 saturated carbocycles. The van der Waals surface area contributed by atoms with Gasteiger partial charge in [-0.15, -0.1) is 22.7 Å². The van der Waals surface area contributed by atoms with Crippen LogP contribution in [0.4, 0.5) is 0 Å². The highest BCUT2D eigenvalue weighted by molar-refractivity contribution is 7.20. The number of fused-ring (bicyclic) bond motifs is 1. The number of carbonyl (C=O) groups is 1. The number of hydrogen-bond acceptors (Lipinski definition) is 5. The topological polar surface area (TPSA) is 61.1 Å². The molecule has 3 aromatic heterocycles. The van der Waals surface area contributed by atoms with Crippen molar-refractivity contribution in [2.75, 3.05) is 0 Å². The van der Waals surface area contributed by atoms with Gasteiger partial charge in [0.1, 0.15) is 9.17 Å². The quantitative estimate of drug-likeness (QED) is 0.420. The van der Waals surface area contributed by atoms with Gasteiger partial charge in [-0.1, -0.05) is 41.4 Å². The fourth-order valence-electron chi connectivity index (χ4n) is 2.97. The predicted octanol–water partition coefficient (Wildman–Crippen LogP) is 4.77. The Kier molecular flexibility index (Phi) is 5.01. The lowest BCUT2D eigenvalue weighted by atomic mass is 10.2. The van der Waals surface area contributed by atoms with Crippen LogP contribution in [-0.4, -0.2) is 14.9 Å². The van der Waals surface area contributed by atoms with Crippen molar-refractivity contribution in [2.45, 2.75) is 13.5 Å². The highest BCUT2D eigenvalue weighted by Crippen LogP contribution is 2.32. The van der Waals surface area contributed by atoms with E-state index in [1.165, 1.54) is 22.0 Å². The molecule has 0 unspecified atom stereocenters. The largest absolute Gasteiger partial charge is 0.337 e. The van der Waals surface area contributed by atoms with Crippen LogP contribution in [0.1, 0.15) is 15.2 Å². The van der Waals surface area contributed by atoms with Crippen LogP contribution in [-0.2, 0) is 6.54 Å². The molecule has 0 saturated heterocycles. The van der Waals surface area contributed by atoms with Crippen LogP contribution >= 0.6 is 45.9 Å². The third kappa shape index (κ3) is 3.24. The Balaban J connectivity index is 1.95. The first-order valence-electron chi connectivity index (χ1n) is 8.16. The summed E-state index contributed by atoms with van der Waals surface area (Å²) in [6.07, 6.45) is 0. The second kappa shape index (κ2) is 7.33. The Morgan fingerprint density at radius 3 is 2.43 bits per heavy atom. The minimum absolute atomic E-state index is 0.241. The number of hydrogen-bond donors (Lipinski definition) is 0. The SMILES string of the molecule is Cc1cc2c(=O)n(-c3ccccc3)c(=O)n(CC(=O)c3cc(Cl)sc3Cl)c2s1. The van der Waals surface area contributed by atoms with Crippen molar-refractivity contribution in [2.24, 2.45) is 0 Å². The number of aryl methyl sites for hydroxylation is 1. The third-order valence-electron chi connectivity index (χ3n) is 4.21. The van der Waals surface area contributed by atoms with E-state index >= 15 is 0 Å². The fraction of sp³-hybridized carbons (Fsp3) is 0.105. The standard InChI is InChI=1S/C19H12Cl2N2O3S2/c1-10-7-13-17(25)23(11-5-3-2-4-6-11)19(26)22(18(13)27-10)9-14(24)12-8-15(20)28-16(12)21/h2-8H,9H2,1H3. The molecule has 0 radical (unpaired) electrons. The molecule has 4 aromatic rings. The number of para-hydroxylation sites is 1. The molecule has 0 amide bonds. The minimum atomic E-state index is -0.573.